The molecule has 2 heterocycles. The lowest BCUT2D eigenvalue weighted by molar-refractivity contribution is 0.102. The molecule has 0 aromatic heterocycles. The van der Waals surface area contributed by atoms with E-state index < -0.39 is 0 Å². The number of nitrogens with one attached hydrogen (secondary N) is 1. The first-order valence-corrected chi connectivity index (χ1v) is 10.6. The van der Waals surface area contributed by atoms with Crippen molar-refractivity contribution in [2.45, 2.75) is 6.54 Å². The van der Waals surface area contributed by atoms with Crippen molar-refractivity contribution in [2.24, 2.45) is 0 Å². The van der Waals surface area contributed by atoms with Gasteiger partial charge in [0.25, 0.3) is 5.91 Å². The van der Waals surface area contributed by atoms with E-state index in [1.165, 1.54) is 11.3 Å². The molecule has 0 bridgehead atoms. The van der Waals surface area contributed by atoms with Gasteiger partial charge in [0, 0.05) is 44.1 Å². The van der Waals surface area contributed by atoms with Crippen LogP contribution in [0.15, 0.2) is 72.8 Å². The molecule has 1 fully saturated rings. The Morgan fingerprint density at radius 3 is 2.39 bits per heavy atom. The van der Waals surface area contributed by atoms with Crippen LogP contribution in [0.5, 0.6) is 11.5 Å². The summed E-state index contributed by atoms with van der Waals surface area (Å²) >= 11 is 0. The van der Waals surface area contributed by atoms with Crippen LogP contribution >= 0.6 is 0 Å². The predicted octanol–water partition coefficient (Wildman–Crippen LogP) is 3.99. The number of ether oxygens (including phenoxy) is 2. The van der Waals surface area contributed by atoms with Gasteiger partial charge in [0.2, 0.25) is 6.79 Å². The van der Waals surface area contributed by atoms with E-state index >= 15 is 0 Å². The smallest absolute Gasteiger partial charge is 0.259 e. The summed E-state index contributed by atoms with van der Waals surface area (Å²) in [6.45, 7) is 5.20. The van der Waals surface area contributed by atoms with Crippen molar-refractivity contribution in [3.63, 3.8) is 0 Å². The van der Waals surface area contributed by atoms with Gasteiger partial charge in [-0.3, -0.25) is 9.69 Å². The molecule has 6 nitrogen and oxygen atoms in total. The second kappa shape index (κ2) is 8.70. The average Bonchev–Trinajstić information content (AvgIpc) is 3.30. The first kappa shape index (κ1) is 19.5. The number of para-hydroxylation sites is 1. The largest absolute Gasteiger partial charge is 0.454 e. The van der Waals surface area contributed by atoms with Crippen molar-refractivity contribution in [1.82, 2.24) is 4.90 Å². The van der Waals surface area contributed by atoms with Crippen LogP contribution in [0, 0.1) is 0 Å². The number of carbonyl (C=O) groups excluding carboxylic acids is 1. The molecule has 0 aliphatic carbocycles. The fourth-order valence-electron chi connectivity index (χ4n) is 4.07. The Kier molecular flexibility index (Phi) is 5.46. The molecule has 0 radical (unpaired) electrons. The number of fused-ring (bicyclic) bond motifs is 1. The van der Waals surface area contributed by atoms with E-state index in [2.05, 4.69) is 57.6 Å². The van der Waals surface area contributed by atoms with Gasteiger partial charge in [0.15, 0.2) is 11.5 Å². The Morgan fingerprint density at radius 1 is 0.839 bits per heavy atom. The second-order valence-corrected chi connectivity index (χ2v) is 7.79. The number of benzene rings is 3. The molecular weight excluding hydrogens is 390 g/mol. The molecule has 1 saturated heterocycles. The zero-order valence-corrected chi connectivity index (χ0v) is 17.3. The van der Waals surface area contributed by atoms with Crippen LogP contribution in [-0.4, -0.2) is 43.8 Å². The third kappa shape index (κ3) is 4.34. The van der Waals surface area contributed by atoms with Gasteiger partial charge in [0.1, 0.15) is 0 Å². The van der Waals surface area contributed by atoms with E-state index in [0.29, 0.717) is 17.1 Å². The number of hydrogen-bond donors (Lipinski definition) is 1. The highest BCUT2D eigenvalue weighted by molar-refractivity contribution is 6.06. The topological polar surface area (TPSA) is 54.0 Å². The van der Waals surface area contributed by atoms with E-state index in [4.69, 9.17) is 9.47 Å². The van der Waals surface area contributed by atoms with Crippen LogP contribution in [0.3, 0.4) is 0 Å². The summed E-state index contributed by atoms with van der Waals surface area (Å²) in [5, 5.41) is 2.95. The Hall–Kier alpha value is -3.51. The molecule has 0 unspecified atom stereocenters. The molecule has 2 aliphatic heterocycles. The number of rotatable bonds is 5. The minimum Gasteiger partial charge on any atom is -0.454 e. The number of nitrogens with zero attached hydrogens (tertiary/aromatic N) is 2. The molecule has 158 valence electrons. The summed E-state index contributed by atoms with van der Waals surface area (Å²) in [5.74, 6) is 0.907. The molecule has 1 amide bonds. The van der Waals surface area contributed by atoms with Crippen LogP contribution in [0.4, 0.5) is 11.4 Å². The van der Waals surface area contributed by atoms with E-state index in [-0.39, 0.29) is 12.7 Å². The van der Waals surface area contributed by atoms with E-state index in [1.54, 1.807) is 18.2 Å². The summed E-state index contributed by atoms with van der Waals surface area (Å²) in [6.07, 6.45) is 0. The van der Waals surface area contributed by atoms with Crippen molar-refractivity contribution in [3.05, 3.63) is 83.9 Å². The highest BCUT2D eigenvalue weighted by Gasteiger charge is 2.22. The van der Waals surface area contributed by atoms with Gasteiger partial charge in [-0.15, -0.1) is 0 Å². The molecule has 6 heteroatoms. The fraction of sp³-hybridized carbons (Fsp3) is 0.240. The Labute approximate surface area is 182 Å². The number of hydrogen-bond acceptors (Lipinski definition) is 5. The SMILES string of the molecule is O=C(Nc1ccc(N2CCN(Cc3ccccc3)CC2)cc1)c1cccc2c1OCO2. The maximum Gasteiger partial charge on any atom is 0.259 e. The Balaban J connectivity index is 1.17. The lowest BCUT2D eigenvalue weighted by Gasteiger charge is -2.36. The van der Waals surface area contributed by atoms with Crippen molar-refractivity contribution in [1.29, 1.82) is 0 Å². The summed E-state index contributed by atoms with van der Waals surface area (Å²) in [7, 11) is 0. The lowest BCUT2D eigenvalue weighted by atomic mass is 10.1. The van der Waals surface area contributed by atoms with Crippen LogP contribution < -0.4 is 19.7 Å². The quantitative estimate of drug-likeness (QED) is 0.683. The minimum absolute atomic E-state index is 0.146. The molecule has 0 atom stereocenters. The standard InChI is InChI=1S/C25H25N3O3/c29-25(22-7-4-8-23-24(22)31-18-30-23)26-20-9-11-21(12-10-20)28-15-13-27(14-16-28)17-19-5-2-1-3-6-19/h1-12H,13-18H2,(H,26,29). The summed E-state index contributed by atoms with van der Waals surface area (Å²) in [4.78, 5) is 17.6. The molecule has 3 aromatic rings. The number of carbonyl (C=O) groups is 1. The van der Waals surface area contributed by atoms with Gasteiger partial charge in [-0.05, 0) is 42.0 Å². The average molecular weight is 415 g/mol. The van der Waals surface area contributed by atoms with Gasteiger partial charge in [-0.1, -0.05) is 36.4 Å². The molecule has 31 heavy (non-hydrogen) atoms. The maximum atomic E-state index is 12.7. The highest BCUT2D eigenvalue weighted by Crippen LogP contribution is 2.35. The maximum absolute atomic E-state index is 12.7. The Morgan fingerprint density at radius 2 is 1.61 bits per heavy atom. The molecule has 5 rings (SSSR count). The molecule has 3 aromatic carbocycles. The molecule has 2 aliphatic rings. The zero-order chi connectivity index (χ0) is 21.0. The molecule has 0 spiro atoms. The van der Waals surface area contributed by atoms with Gasteiger partial charge < -0.3 is 19.7 Å². The predicted molar refractivity (Wildman–Crippen MR) is 121 cm³/mol. The number of amides is 1. The third-order valence-electron chi connectivity index (χ3n) is 5.75. The minimum atomic E-state index is -0.204. The van der Waals surface area contributed by atoms with Crippen LogP contribution in [0.25, 0.3) is 0 Å². The summed E-state index contributed by atoms with van der Waals surface area (Å²) in [6, 6.07) is 24.0. The number of anilines is 2. The van der Waals surface area contributed by atoms with Crippen molar-refractivity contribution in [3.8, 4) is 11.5 Å². The summed E-state index contributed by atoms with van der Waals surface area (Å²) in [5.41, 5.74) is 3.77. The van der Waals surface area contributed by atoms with Crippen LogP contribution in [0.1, 0.15) is 15.9 Å². The zero-order valence-electron chi connectivity index (χ0n) is 17.3. The monoisotopic (exact) mass is 415 g/mol. The van der Waals surface area contributed by atoms with Gasteiger partial charge in [-0.2, -0.15) is 0 Å². The highest BCUT2D eigenvalue weighted by atomic mass is 16.7. The van der Waals surface area contributed by atoms with Gasteiger partial charge in [0.05, 0.1) is 5.56 Å². The first-order valence-electron chi connectivity index (χ1n) is 10.6. The van der Waals surface area contributed by atoms with Crippen molar-refractivity contribution >= 4 is 17.3 Å². The number of piperazine rings is 1. The van der Waals surface area contributed by atoms with Gasteiger partial charge in [-0.25, -0.2) is 0 Å². The van der Waals surface area contributed by atoms with Gasteiger partial charge >= 0.3 is 0 Å². The van der Waals surface area contributed by atoms with E-state index in [1.807, 2.05) is 12.1 Å². The molecule has 1 N–H and O–H groups in total. The van der Waals surface area contributed by atoms with E-state index in [0.717, 1.165) is 38.4 Å². The van der Waals surface area contributed by atoms with Crippen molar-refractivity contribution < 1.29 is 14.3 Å². The van der Waals surface area contributed by atoms with E-state index in [9.17, 15) is 4.79 Å². The van der Waals surface area contributed by atoms with Crippen LogP contribution in [0.2, 0.25) is 0 Å². The first-order chi connectivity index (χ1) is 15.3. The lowest BCUT2D eigenvalue weighted by Crippen LogP contribution is -2.45. The van der Waals surface area contributed by atoms with Crippen molar-refractivity contribution in [2.75, 3.05) is 43.2 Å². The summed E-state index contributed by atoms with van der Waals surface area (Å²) < 4.78 is 10.8. The molecule has 0 saturated carbocycles. The normalized spacial score (nSPS) is 15.7. The second-order valence-electron chi connectivity index (χ2n) is 7.79. The fourth-order valence-corrected chi connectivity index (χ4v) is 4.07. The third-order valence-corrected chi connectivity index (χ3v) is 5.75. The van der Waals surface area contributed by atoms with Crippen LogP contribution in [-0.2, 0) is 6.54 Å². The Bertz CT molecular complexity index is 1050. The molecular formula is C25H25N3O3.